The molecule has 2 N–H and O–H groups in total. The number of rotatable bonds is 1. The summed E-state index contributed by atoms with van der Waals surface area (Å²) in [6.45, 7) is 0. The van der Waals surface area contributed by atoms with Crippen molar-refractivity contribution in [2.75, 3.05) is 7.05 Å². The fourth-order valence-electron chi connectivity index (χ4n) is 3.80. The molecule has 0 fully saturated rings. The quantitative estimate of drug-likeness (QED) is 0.569. The van der Waals surface area contributed by atoms with Gasteiger partial charge in [0.25, 0.3) is 5.91 Å². The minimum absolute atomic E-state index is 0.103. The smallest absolute Gasteiger partial charge is 0.266 e. The number of nitrogens with two attached hydrogens (primary N) is 1. The number of guanidine groups is 1. The van der Waals surface area contributed by atoms with Gasteiger partial charge in [-0.15, -0.1) is 0 Å². The van der Waals surface area contributed by atoms with Crippen LogP contribution in [0.15, 0.2) is 64.2 Å². The number of pyridine rings is 1. The molecule has 5 rings (SSSR count). The number of aromatic nitrogens is 1. The molecular formula is C21H14BrFN4O2. The van der Waals surface area contributed by atoms with Crippen LogP contribution in [0, 0.1) is 5.95 Å². The first-order valence-electron chi connectivity index (χ1n) is 8.78. The Morgan fingerprint density at radius 2 is 1.86 bits per heavy atom. The van der Waals surface area contributed by atoms with E-state index in [1.165, 1.54) is 11.1 Å². The molecule has 1 amide bonds. The van der Waals surface area contributed by atoms with Crippen molar-refractivity contribution >= 4 is 27.8 Å². The van der Waals surface area contributed by atoms with Gasteiger partial charge < -0.3 is 10.5 Å². The molecule has 1 atom stereocenters. The number of aliphatic imine (C=N–C) groups is 1. The monoisotopic (exact) mass is 452 g/mol. The van der Waals surface area contributed by atoms with Gasteiger partial charge >= 0.3 is 0 Å². The van der Waals surface area contributed by atoms with Crippen LogP contribution in [0.5, 0.6) is 11.5 Å². The summed E-state index contributed by atoms with van der Waals surface area (Å²) in [6, 6.07) is 13.8. The van der Waals surface area contributed by atoms with E-state index < -0.39 is 11.5 Å². The summed E-state index contributed by atoms with van der Waals surface area (Å²) in [7, 11) is 1.58. The molecule has 0 saturated heterocycles. The van der Waals surface area contributed by atoms with E-state index in [4.69, 9.17) is 10.5 Å². The van der Waals surface area contributed by atoms with Crippen molar-refractivity contribution in [2.24, 2.45) is 10.7 Å². The third-order valence-electron chi connectivity index (χ3n) is 5.23. The average Bonchev–Trinajstić information content (AvgIpc) is 2.94. The van der Waals surface area contributed by atoms with Crippen LogP contribution in [0.1, 0.15) is 11.1 Å². The lowest BCUT2D eigenvalue weighted by atomic mass is 9.79. The van der Waals surface area contributed by atoms with Gasteiger partial charge in [-0.05, 0) is 48.0 Å². The fourth-order valence-corrected chi connectivity index (χ4v) is 4.16. The maximum absolute atomic E-state index is 14.3. The predicted molar refractivity (Wildman–Crippen MR) is 109 cm³/mol. The molecular weight excluding hydrogens is 439 g/mol. The highest BCUT2D eigenvalue weighted by molar-refractivity contribution is 9.10. The van der Waals surface area contributed by atoms with E-state index in [-0.39, 0.29) is 11.9 Å². The number of amides is 1. The minimum atomic E-state index is -1.40. The van der Waals surface area contributed by atoms with Crippen LogP contribution >= 0.6 is 15.9 Å². The summed E-state index contributed by atoms with van der Waals surface area (Å²) in [5.74, 6) is 0.183. The van der Waals surface area contributed by atoms with Gasteiger partial charge in [-0.1, -0.05) is 22.0 Å². The summed E-state index contributed by atoms with van der Waals surface area (Å²) in [4.78, 5) is 23.0. The zero-order chi connectivity index (χ0) is 20.3. The molecule has 2 aliphatic heterocycles. The number of hydrogen-bond donors (Lipinski definition) is 1. The van der Waals surface area contributed by atoms with Crippen molar-refractivity contribution in [3.8, 4) is 22.6 Å². The van der Waals surface area contributed by atoms with Crippen LogP contribution in [0.25, 0.3) is 11.1 Å². The van der Waals surface area contributed by atoms with Gasteiger partial charge in [0, 0.05) is 34.4 Å². The molecule has 144 valence electrons. The second-order valence-corrected chi connectivity index (χ2v) is 7.76. The normalized spacial score (nSPS) is 19.6. The number of ether oxygens (including phenoxy) is 1. The van der Waals surface area contributed by atoms with E-state index in [9.17, 15) is 9.18 Å². The summed E-state index contributed by atoms with van der Waals surface area (Å²) >= 11 is 3.45. The molecule has 3 aromatic rings. The Hall–Kier alpha value is -3.26. The van der Waals surface area contributed by atoms with Crippen molar-refractivity contribution in [2.45, 2.75) is 5.54 Å². The van der Waals surface area contributed by atoms with E-state index in [2.05, 4.69) is 25.9 Å². The Labute approximate surface area is 174 Å². The summed E-state index contributed by atoms with van der Waals surface area (Å²) in [5, 5.41) is 0. The van der Waals surface area contributed by atoms with Crippen LogP contribution in [0.3, 0.4) is 0 Å². The lowest BCUT2D eigenvalue weighted by Gasteiger charge is -2.34. The molecule has 8 heteroatoms. The molecule has 0 bridgehead atoms. The van der Waals surface area contributed by atoms with Crippen molar-refractivity contribution in [3.05, 3.63) is 76.3 Å². The second-order valence-electron chi connectivity index (χ2n) is 6.84. The maximum atomic E-state index is 14.3. The zero-order valence-electron chi connectivity index (χ0n) is 15.2. The SMILES string of the molecule is CN1C(=O)C2(N=C1N)c1cc(Br)ccc1Oc1ccc(-c3cccnc3F)cc12. The van der Waals surface area contributed by atoms with Gasteiger partial charge in [-0.3, -0.25) is 9.69 Å². The number of fused-ring (bicyclic) bond motifs is 4. The van der Waals surface area contributed by atoms with Crippen LogP contribution in [0.4, 0.5) is 4.39 Å². The summed E-state index contributed by atoms with van der Waals surface area (Å²) in [6.07, 6.45) is 1.38. The van der Waals surface area contributed by atoms with E-state index >= 15 is 0 Å². The Bertz CT molecular complexity index is 1230. The van der Waals surface area contributed by atoms with Crippen molar-refractivity contribution in [1.29, 1.82) is 0 Å². The molecule has 1 aromatic heterocycles. The largest absolute Gasteiger partial charge is 0.457 e. The first-order valence-corrected chi connectivity index (χ1v) is 9.58. The van der Waals surface area contributed by atoms with Gasteiger partial charge in [0.2, 0.25) is 11.5 Å². The molecule has 0 radical (unpaired) electrons. The van der Waals surface area contributed by atoms with Gasteiger partial charge in [-0.25, -0.2) is 9.98 Å². The van der Waals surface area contributed by atoms with E-state index in [0.29, 0.717) is 33.8 Å². The standard InChI is InChI=1S/C21H14BrFN4O2/c1-27-19(28)21(26-20(27)24)14-9-11(13-3-2-8-25-18(13)23)4-6-16(14)29-17-7-5-12(22)10-15(17)21/h2-10H,1H3,(H2,24,26). The van der Waals surface area contributed by atoms with Gasteiger partial charge in [0.15, 0.2) is 5.96 Å². The maximum Gasteiger partial charge on any atom is 0.266 e. The van der Waals surface area contributed by atoms with E-state index in [1.54, 1.807) is 49.5 Å². The lowest BCUT2D eigenvalue weighted by molar-refractivity contribution is -0.129. The lowest BCUT2D eigenvalue weighted by Crippen LogP contribution is -2.42. The van der Waals surface area contributed by atoms with Crippen LogP contribution < -0.4 is 10.5 Å². The molecule has 1 unspecified atom stereocenters. The van der Waals surface area contributed by atoms with Crippen molar-refractivity contribution in [1.82, 2.24) is 9.88 Å². The van der Waals surface area contributed by atoms with Gasteiger partial charge in [0.1, 0.15) is 11.5 Å². The highest BCUT2D eigenvalue weighted by Gasteiger charge is 2.54. The van der Waals surface area contributed by atoms with Crippen LogP contribution in [-0.4, -0.2) is 28.8 Å². The molecule has 2 aliphatic rings. The van der Waals surface area contributed by atoms with E-state index in [0.717, 1.165) is 4.47 Å². The van der Waals surface area contributed by atoms with Crippen LogP contribution in [0.2, 0.25) is 0 Å². The Morgan fingerprint density at radius 3 is 2.55 bits per heavy atom. The molecule has 6 nitrogen and oxygen atoms in total. The molecule has 1 spiro atoms. The Balaban J connectivity index is 1.82. The predicted octanol–water partition coefficient (Wildman–Crippen LogP) is 3.79. The van der Waals surface area contributed by atoms with E-state index in [1.807, 2.05) is 6.07 Å². The Morgan fingerprint density at radius 1 is 1.14 bits per heavy atom. The van der Waals surface area contributed by atoms with Gasteiger partial charge in [0.05, 0.1) is 0 Å². The first kappa shape index (κ1) is 17.8. The summed E-state index contributed by atoms with van der Waals surface area (Å²) < 4.78 is 21.1. The highest BCUT2D eigenvalue weighted by atomic mass is 79.9. The third-order valence-corrected chi connectivity index (χ3v) is 5.72. The second kappa shape index (κ2) is 6.12. The number of hydrogen-bond acceptors (Lipinski definition) is 5. The number of carbonyl (C=O) groups excluding carboxylic acids is 1. The molecule has 2 aromatic carbocycles. The molecule has 0 saturated carbocycles. The number of benzene rings is 2. The zero-order valence-corrected chi connectivity index (χ0v) is 16.8. The number of likely N-dealkylation sites (N-methyl/N-ethyl adjacent to an activating group) is 1. The summed E-state index contributed by atoms with van der Waals surface area (Å²) in [5.41, 5.74) is 6.58. The topological polar surface area (TPSA) is 80.8 Å². The van der Waals surface area contributed by atoms with Gasteiger partial charge in [-0.2, -0.15) is 4.39 Å². The Kier molecular flexibility index (Phi) is 3.76. The average molecular weight is 453 g/mol. The molecule has 0 aliphatic carbocycles. The molecule has 29 heavy (non-hydrogen) atoms. The molecule has 3 heterocycles. The fraction of sp³-hybridized carbons (Fsp3) is 0.0952. The number of nitrogens with zero attached hydrogens (tertiary/aromatic N) is 3. The van der Waals surface area contributed by atoms with Crippen LogP contribution in [-0.2, 0) is 10.3 Å². The number of carbonyl (C=O) groups is 1. The highest BCUT2D eigenvalue weighted by Crippen LogP contribution is 2.53. The first-order chi connectivity index (χ1) is 13.9. The minimum Gasteiger partial charge on any atom is -0.457 e. The third kappa shape index (κ3) is 2.42. The number of halogens is 2. The van der Waals surface area contributed by atoms with Crippen molar-refractivity contribution in [3.63, 3.8) is 0 Å². The van der Waals surface area contributed by atoms with Crippen molar-refractivity contribution < 1.29 is 13.9 Å².